The van der Waals surface area contributed by atoms with Gasteiger partial charge in [-0.1, -0.05) is 0 Å². The van der Waals surface area contributed by atoms with Gasteiger partial charge in [0.25, 0.3) is 5.91 Å². The van der Waals surface area contributed by atoms with E-state index >= 15 is 0 Å². The fourth-order valence-corrected chi connectivity index (χ4v) is 2.28. The molecular formula is C13H20N2O3. The molecule has 0 bridgehead atoms. The SMILES string of the molecule is NCc1ccc(C(=O)NCC2CCC(O)CC2)o1. The molecule has 18 heavy (non-hydrogen) atoms. The fourth-order valence-electron chi connectivity index (χ4n) is 2.28. The minimum Gasteiger partial charge on any atom is -0.455 e. The molecule has 1 aromatic rings. The van der Waals surface area contributed by atoms with E-state index < -0.39 is 0 Å². The number of carbonyl (C=O) groups excluding carboxylic acids is 1. The van der Waals surface area contributed by atoms with E-state index in [2.05, 4.69) is 5.32 Å². The molecule has 4 N–H and O–H groups in total. The molecule has 0 saturated heterocycles. The van der Waals surface area contributed by atoms with Gasteiger partial charge in [0, 0.05) is 6.54 Å². The summed E-state index contributed by atoms with van der Waals surface area (Å²) in [4.78, 5) is 11.8. The normalized spacial score (nSPS) is 23.9. The Kier molecular flexibility index (Phi) is 4.38. The summed E-state index contributed by atoms with van der Waals surface area (Å²) < 4.78 is 5.27. The van der Waals surface area contributed by atoms with Gasteiger partial charge in [0.05, 0.1) is 12.6 Å². The molecule has 5 nitrogen and oxygen atoms in total. The molecule has 0 atom stereocenters. The van der Waals surface area contributed by atoms with Crippen molar-refractivity contribution in [3.05, 3.63) is 23.7 Å². The summed E-state index contributed by atoms with van der Waals surface area (Å²) in [6, 6.07) is 3.36. The van der Waals surface area contributed by atoms with Crippen LogP contribution in [0.1, 0.15) is 42.0 Å². The van der Waals surface area contributed by atoms with Crippen LogP contribution in [0, 0.1) is 5.92 Å². The highest BCUT2D eigenvalue weighted by Gasteiger charge is 2.20. The van der Waals surface area contributed by atoms with Gasteiger partial charge >= 0.3 is 0 Å². The highest BCUT2D eigenvalue weighted by atomic mass is 16.4. The summed E-state index contributed by atoms with van der Waals surface area (Å²) in [5.41, 5.74) is 5.42. The van der Waals surface area contributed by atoms with Crippen LogP contribution in [0.3, 0.4) is 0 Å². The number of aliphatic hydroxyl groups is 1. The first-order valence-electron chi connectivity index (χ1n) is 6.44. The van der Waals surface area contributed by atoms with E-state index in [1.54, 1.807) is 12.1 Å². The average Bonchev–Trinajstić information content (AvgIpc) is 2.86. The molecule has 1 saturated carbocycles. The number of amides is 1. The van der Waals surface area contributed by atoms with Crippen molar-refractivity contribution >= 4 is 5.91 Å². The zero-order valence-corrected chi connectivity index (χ0v) is 10.4. The number of aliphatic hydroxyl groups excluding tert-OH is 1. The number of nitrogens with one attached hydrogen (secondary N) is 1. The van der Waals surface area contributed by atoms with E-state index in [0.717, 1.165) is 25.7 Å². The Bertz CT molecular complexity index is 395. The minimum absolute atomic E-state index is 0.158. The lowest BCUT2D eigenvalue weighted by molar-refractivity contribution is 0.0884. The van der Waals surface area contributed by atoms with E-state index in [1.165, 1.54) is 0 Å². The highest BCUT2D eigenvalue weighted by molar-refractivity contribution is 5.91. The van der Waals surface area contributed by atoms with Crippen LogP contribution in [-0.2, 0) is 6.54 Å². The third kappa shape index (κ3) is 3.34. The second-order valence-electron chi connectivity index (χ2n) is 4.85. The third-order valence-electron chi connectivity index (χ3n) is 3.45. The number of rotatable bonds is 4. The van der Waals surface area contributed by atoms with Crippen molar-refractivity contribution in [2.24, 2.45) is 11.7 Å². The van der Waals surface area contributed by atoms with Crippen LogP contribution in [0.25, 0.3) is 0 Å². The van der Waals surface area contributed by atoms with Gasteiger partial charge in [-0.3, -0.25) is 4.79 Å². The van der Waals surface area contributed by atoms with Gasteiger partial charge < -0.3 is 20.6 Å². The van der Waals surface area contributed by atoms with Gasteiger partial charge in [-0.25, -0.2) is 0 Å². The molecule has 1 amide bonds. The molecule has 1 heterocycles. The molecule has 0 spiro atoms. The number of hydrogen-bond donors (Lipinski definition) is 3. The smallest absolute Gasteiger partial charge is 0.287 e. The summed E-state index contributed by atoms with van der Waals surface area (Å²) in [7, 11) is 0. The lowest BCUT2D eigenvalue weighted by Crippen LogP contribution is -2.31. The highest BCUT2D eigenvalue weighted by Crippen LogP contribution is 2.23. The van der Waals surface area contributed by atoms with Crippen molar-refractivity contribution in [3.8, 4) is 0 Å². The standard InChI is InChI=1S/C13H20N2O3/c14-7-11-5-6-12(18-11)13(17)15-8-9-1-3-10(16)4-2-9/h5-6,9-10,16H,1-4,7-8,14H2,(H,15,17). The van der Waals surface area contributed by atoms with E-state index in [-0.39, 0.29) is 12.0 Å². The van der Waals surface area contributed by atoms with Crippen molar-refractivity contribution in [1.82, 2.24) is 5.32 Å². The third-order valence-corrected chi connectivity index (χ3v) is 3.45. The Morgan fingerprint density at radius 3 is 2.72 bits per heavy atom. The molecule has 1 aliphatic rings. The monoisotopic (exact) mass is 252 g/mol. The van der Waals surface area contributed by atoms with E-state index in [1.807, 2.05) is 0 Å². The Morgan fingerprint density at radius 1 is 1.39 bits per heavy atom. The van der Waals surface area contributed by atoms with Gasteiger partial charge in [0.1, 0.15) is 5.76 Å². The molecule has 0 unspecified atom stereocenters. The second kappa shape index (κ2) is 6.02. The Hall–Kier alpha value is -1.33. The topological polar surface area (TPSA) is 88.5 Å². The minimum atomic E-state index is -0.194. The largest absolute Gasteiger partial charge is 0.455 e. The molecule has 1 aromatic heterocycles. The van der Waals surface area contributed by atoms with E-state index in [4.69, 9.17) is 10.2 Å². The number of nitrogens with two attached hydrogens (primary N) is 1. The maximum atomic E-state index is 11.8. The van der Waals surface area contributed by atoms with Crippen LogP contribution in [0.4, 0.5) is 0 Å². The molecule has 0 aromatic carbocycles. The maximum absolute atomic E-state index is 11.8. The first kappa shape index (κ1) is 13.1. The predicted octanol–water partition coefficient (Wildman–Crippen LogP) is 1.02. The number of hydrogen-bond acceptors (Lipinski definition) is 4. The van der Waals surface area contributed by atoms with Crippen molar-refractivity contribution in [2.75, 3.05) is 6.54 Å². The Labute approximate surface area is 106 Å². The van der Waals surface area contributed by atoms with Gasteiger partial charge in [-0.15, -0.1) is 0 Å². The van der Waals surface area contributed by atoms with Gasteiger partial charge in [0.15, 0.2) is 5.76 Å². The van der Waals surface area contributed by atoms with E-state index in [0.29, 0.717) is 30.5 Å². The molecule has 1 fully saturated rings. The van der Waals surface area contributed by atoms with Crippen LogP contribution in [0.2, 0.25) is 0 Å². The van der Waals surface area contributed by atoms with Crippen LogP contribution in [0.15, 0.2) is 16.5 Å². The van der Waals surface area contributed by atoms with Crippen molar-refractivity contribution in [2.45, 2.75) is 38.3 Å². The van der Waals surface area contributed by atoms with Crippen LogP contribution >= 0.6 is 0 Å². The first-order chi connectivity index (χ1) is 8.69. The van der Waals surface area contributed by atoms with Gasteiger partial charge in [-0.2, -0.15) is 0 Å². The summed E-state index contributed by atoms with van der Waals surface area (Å²) in [5, 5.41) is 12.3. The molecule has 0 radical (unpaired) electrons. The van der Waals surface area contributed by atoms with Crippen molar-refractivity contribution < 1.29 is 14.3 Å². The summed E-state index contributed by atoms with van der Waals surface area (Å²) in [6.45, 7) is 0.942. The second-order valence-corrected chi connectivity index (χ2v) is 4.85. The quantitative estimate of drug-likeness (QED) is 0.746. The molecular weight excluding hydrogens is 232 g/mol. The Balaban J connectivity index is 1.77. The first-order valence-corrected chi connectivity index (χ1v) is 6.44. The maximum Gasteiger partial charge on any atom is 0.287 e. The molecule has 5 heteroatoms. The summed E-state index contributed by atoms with van der Waals surface area (Å²) >= 11 is 0. The van der Waals surface area contributed by atoms with Gasteiger partial charge in [-0.05, 0) is 43.7 Å². The van der Waals surface area contributed by atoms with E-state index in [9.17, 15) is 9.90 Å². The lowest BCUT2D eigenvalue weighted by atomic mass is 9.87. The van der Waals surface area contributed by atoms with Crippen LogP contribution in [-0.4, -0.2) is 23.7 Å². The molecule has 1 aliphatic carbocycles. The fraction of sp³-hybridized carbons (Fsp3) is 0.615. The zero-order valence-electron chi connectivity index (χ0n) is 10.4. The van der Waals surface area contributed by atoms with Crippen molar-refractivity contribution in [1.29, 1.82) is 0 Å². The Morgan fingerprint density at radius 2 is 2.11 bits per heavy atom. The summed E-state index contributed by atoms with van der Waals surface area (Å²) in [6.07, 6.45) is 3.44. The number of furan rings is 1. The molecule has 0 aliphatic heterocycles. The summed E-state index contributed by atoms with van der Waals surface area (Å²) in [5.74, 6) is 1.19. The van der Waals surface area contributed by atoms with Crippen molar-refractivity contribution in [3.63, 3.8) is 0 Å². The average molecular weight is 252 g/mol. The molecule has 100 valence electrons. The van der Waals surface area contributed by atoms with Crippen LogP contribution < -0.4 is 11.1 Å². The zero-order chi connectivity index (χ0) is 13.0. The number of carbonyl (C=O) groups is 1. The lowest BCUT2D eigenvalue weighted by Gasteiger charge is -2.25. The van der Waals surface area contributed by atoms with Gasteiger partial charge in [0.2, 0.25) is 0 Å². The molecule has 2 rings (SSSR count). The van der Waals surface area contributed by atoms with Crippen LogP contribution in [0.5, 0.6) is 0 Å². The predicted molar refractivity (Wildman–Crippen MR) is 66.9 cm³/mol.